The van der Waals surface area contributed by atoms with Gasteiger partial charge in [0.25, 0.3) is 0 Å². The molecule has 0 spiro atoms. The molecular weight excluding hydrogens is 254 g/mol. The first kappa shape index (κ1) is 16.5. The number of carbonyl (C=O) groups excluding carboxylic acids is 1. The SMILES string of the molecule is CCOC(=O)C(N)CCOc1cccc(C(C)(C)C)c1. The van der Waals surface area contributed by atoms with E-state index in [1.165, 1.54) is 5.56 Å². The number of hydrogen-bond acceptors (Lipinski definition) is 4. The molecule has 112 valence electrons. The third kappa shape index (κ3) is 5.21. The zero-order chi connectivity index (χ0) is 15.2. The number of benzene rings is 1. The molecule has 0 radical (unpaired) electrons. The molecule has 0 aromatic heterocycles. The smallest absolute Gasteiger partial charge is 0.323 e. The Hall–Kier alpha value is -1.55. The van der Waals surface area contributed by atoms with Crippen LogP contribution in [-0.4, -0.2) is 25.2 Å². The predicted molar refractivity (Wildman–Crippen MR) is 79.9 cm³/mol. The van der Waals surface area contributed by atoms with Crippen molar-refractivity contribution in [2.24, 2.45) is 5.73 Å². The van der Waals surface area contributed by atoms with Gasteiger partial charge in [0.15, 0.2) is 0 Å². The van der Waals surface area contributed by atoms with Gasteiger partial charge in [-0.25, -0.2) is 0 Å². The summed E-state index contributed by atoms with van der Waals surface area (Å²) >= 11 is 0. The largest absolute Gasteiger partial charge is 0.494 e. The Bertz CT molecular complexity index is 438. The van der Waals surface area contributed by atoms with E-state index in [4.69, 9.17) is 15.2 Å². The highest BCUT2D eigenvalue weighted by atomic mass is 16.5. The minimum Gasteiger partial charge on any atom is -0.494 e. The normalized spacial score (nSPS) is 12.8. The molecule has 0 bridgehead atoms. The summed E-state index contributed by atoms with van der Waals surface area (Å²) < 4.78 is 10.5. The van der Waals surface area contributed by atoms with Gasteiger partial charge in [-0.3, -0.25) is 4.79 Å². The van der Waals surface area contributed by atoms with Crippen LogP contribution in [0.1, 0.15) is 39.7 Å². The summed E-state index contributed by atoms with van der Waals surface area (Å²) in [6.45, 7) is 8.97. The van der Waals surface area contributed by atoms with Crippen molar-refractivity contribution in [1.82, 2.24) is 0 Å². The second-order valence-electron chi connectivity index (χ2n) is 5.77. The molecule has 2 N–H and O–H groups in total. The molecule has 4 nitrogen and oxygen atoms in total. The van der Waals surface area contributed by atoms with Crippen molar-refractivity contribution in [2.45, 2.75) is 45.6 Å². The van der Waals surface area contributed by atoms with Crippen molar-refractivity contribution in [3.05, 3.63) is 29.8 Å². The molecule has 0 saturated carbocycles. The van der Waals surface area contributed by atoms with E-state index in [1.807, 2.05) is 18.2 Å². The molecule has 0 aliphatic carbocycles. The van der Waals surface area contributed by atoms with Crippen LogP contribution >= 0.6 is 0 Å². The van der Waals surface area contributed by atoms with Gasteiger partial charge in [0.1, 0.15) is 11.8 Å². The summed E-state index contributed by atoms with van der Waals surface area (Å²) in [4.78, 5) is 11.4. The van der Waals surface area contributed by atoms with E-state index in [-0.39, 0.29) is 11.4 Å². The summed E-state index contributed by atoms with van der Waals surface area (Å²) in [5.74, 6) is 0.424. The Kier molecular flexibility index (Phi) is 6.02. The molecule has 1 aromatic carbocycles. The summed E-state index contributed by atoms with van der Waals surface area (Å²) in [5.41, 5.74) is 7.01. The highest BCUT2D eigenvalue weighted by Crippen LogP contribution is 2.25. The first-order chi connectivity index (χ1) is 9.34. The standard InChI is InChI=1S/C16H25NO3/c1-5-19-15(18)14(17)9-10-20-13-8-6-7-12(11-13)16(2,3)4/h6-8,11,14H,5,9-10,17H2,1-4H3. The molecule has 20 heavy (non-hydrogen) atoms. The second-order valence-corrected chi connectivity index (χ2v) is 5.77. The molecule has 0 aliphatic rings. The van der Waals surface area contributed by atoms with Crippen LogP contribution in [0.25, 0.3) is 0 Å². The molecule has 1 aromatic rings. The van der Waals surface area contributed by atoms with Gasteiger partial charge in [0, 0.05) is 6.42 Å². The Labute approximate surface area is 121 Å². The quantitative estimate of drug-likeness (QED) is 0.813. The average molecular weight is 279 g/mol. The fourth-order valence-corrected chi connectivity index (χ4v) is 1.72. The van der Waals surface area contributed by atoms with Gasteiger partial charge < -0.3 is 15.2 Å². The van der Waals surface area contributed by atoms with Crippen LogP contribution in [-0.2, 0) is 14.9 Å². The summed E-state index contributed by atoms with van der Waals surface area (Å²) in [6, 6.07) is 7.36. The lowest BCUT2D eigenvalue weighted by atomic mass is 9.87. The van der Waals surface area contributed by atoms with Gasteiger partial charge in [0.05, 0.1) is 13.2 Å². The number of hydrogen-bond donors (Lipinski definition) is 1. The zero-order valence-electron chi connectivity index (χ0n) is 12.8. The Morgan fingerprint density at radius 2 is 2.05 bits per heavy atom. The second kappa shape index (κ2) is 7.29. The maximum atomic E-state index is 11.4. The van der Waals surface area contributed by atoms with Crippen LogP contribution in [0, 0.1) is 0 Å². The van der Waals surface area contributed by atoms with Crippen molar-refractivity contribution < 1.29 is 14.3 Å². The maximum Gasteiger partial charge on any atom is 0.323 e. The monoisotopic (exact) mass is 279 g/mol. The lowest BCUT2D eigenvalue weighted by Crippen LogP contribution is -2.33. The van der Waals surface area contributed by atoms with E-state index >= 15 is 0 Å². The molecule has 0 saturated heterocycles. The Balaban J connectivity index is 2.48. The van der Waals surface area contributed by atoms with Gasteiger partial charge in [0.2, 0.25) is 0 Å². The van der Waals surface area contributed by atoms with Crippen LogP contribution in [0.2, 0.25) is 0 Å². The fraction of sp³-hybridized carbons (Fsp3) is 0.562. The minimum absolute atomic E-state index is 0.0840. The highest BCUT2D eigenvalue weighted by Gasteiger charge is 2.16. The first-order valence-electron chi connectivity index (χ1n) is 7.00. The molecule has 0 amide bonds. The third-order valence-electron chi connectivity index (χ3n) is 2.99. The van der Waals surface area contributed by atoms with Crippen LogP contribution < -0.4 is 10.5 Å². The van der Waals surface area contributed by atoms with E-state index in [9.17, 15) is 4.79 Å². The van der Waals surface area contributed by atoms with E-state index in [0.717, 1.165) is 5.75 Å². The molecule has 1 unspecified atom stereocenters. The molecule has 0 heterocycles. The fourth-order valence-electron chi connectivity index (χ4n) is 1.72. The van der Waals surface area contributed by atoms with Gasteiger partial charge >= 0.3 is 5.97 Å². The average Bonchev–Trinajstić information content (AvgIpc) is 2.38. The number of nitrogens with two attached hydrogens (primary N) is 1. The highest BCUT2D eigenvalue weighted by molar-refractivity contribution is 5.75. The number of ether oxygens (including phenoxy) is 2. The van der Waals surface area contributed by atoms with Crippen LogP contribution in [0.3, 0.4) is 0 Å². The third-order valence-corrected chi connectivity index (χ3v) is 2.99. The Morgan fingerprint density at radius 1 is 1.35 bits per heavy atom. The van der Waals surface area contributed by atoms with Crippen molar-refractivity contribution in [2.75, 3.05) is 13.2 Å². The summed E-state index contributed by atoms with van der Waals surface area (Å²) in [7, 11) is 0. The van der Waals surface area contributed by atoms with E-state index < -0.39 is 6.04 Å². The van der Waals surface area contributed by atoms with Gasteiger partial charge in [-0.05, 0) is 30.0 Å². The van der Waals surface area contributed by atoms with E-state index in [1.54, 1.807) is 6.92 Å². The summed E-state index contributed by atoms with van der Waals surface area (Å²) in [6.07, 6.45) is 0.443. The number of carbonyl (C=O) groups is 1. The molecular formula is C16H25NO3. The van der Waals surface area contributed by atoms with Gasteiger partial charge in [-0.2, -0.15) is 0 Å². The maximum absolute atomic E-state index is 11.4. The predicted octanol–water partition coefficient (Wildman–Crippen LogP) is 2.64. The lowest BCUT2D eigenvalue weighted by Gasteiger charge is -2.20. The minimum atomic E-state index is -0.624. The molecule has 1 atom stereocenters. The van der Waals surface area contributed by atoms with Crippen molar-refractivity contribution in [3.8, 4) is 5.75 Å². The molecule has 0 aliphatic heterocycles. The Morgan fingerprint density at radius 3 is 2.65 bits per heavy atom. The molecule has 1 rings (SSSR count). The van der Waals surface area contributed by atoms with Crippen LogP contribution in [0.5, 0.6) is 5.75 Å². The van der Waals surface area contributed by atoms with Gasteiger partial charge in [-0.1, -0.05) is 32.9 Å². The number of esters is 1. The van der Waals surface area contributed by atoms with Crippen molar-refractivity contribution in [1.29, 1.82) is 0 Å². The van der Waals surface area contributed by atoms with Gasteiger partial charge in [-0.15, -0.1) is 0 Å². The first-order valence-corrected chi connectivity index (χ1v) is 7.00. The van der Waals surface area contributed by atoms with Crippen molar-refractivity contribution >= 4 is 5.97 Å². The van der Waals surface area contributed by atoms with E-state index in [0.29, 0.717) is 19.6 Å². The molecule has 4 heteroatoms. The van der Waals surface area contributed by atoms with E-state index in [2.05, 4.69) is 26.8 Å². The van der Waals surface area contributed by atoms with Crippen LogP contribution in [0.15, 0.2) is 24.3 Å². The zero-order valence-corrected chi connectivity index (χ0v) is 12.8. The summed E-state index contributed by atoms with van der Waals surface area (Å²) in [5, 5.41) is 0. The van der Waals surface area contributed by atoms with Crippen LogP contribution in [0.4, 0.5) is 0 Å². The van der Waals surface area contributed by atoms with Crippen molar-refractivity contribution in [3.63, 3.8) is 0 Å². The number of rotatable bonds is 6. The molecule has 0 fully saturated rings. The topological polar surface area (TPSA) is 61.5 Å². The lowest BCUT2D eigenvalue weighted by molar-refractivity contribution is -0.145.